The minimum atomic E-state index is -0.373. The molecule has 6 nitrogen and oxygen atoms in total. The number of carbonyl (C=O) groups excluding carboxylic acids is 1. The third kappa shape index (κ3) is 3.44. The smallest absolute Gasteiger partial charge is 0.354 e. The highest BCUT2D eigenvalue weighted by Gasteiger charge is 2.35. The minimum absolute atomic E-state index is 0.373. The number of rotatable bonds is 4. The van der Waals surface area contributed by atoms with Crippen molar-refractivity contribution < 1.29 is 9.53 Å². The number of aromatic nitrogens is 1. The Bertz CT molecular complexity index is 680. The molecule has 2 bridgehead atoms. The van der Waals surface area contributed by atoms with Gasteiger partial charge in [0.2, 0.25) is 0 Å². The number of nitrogens with zero attached hydrogens (tertiary/aromatic N) is 2. The van der Waals surface area contributed by atoms with Crippen molar-refractivity contribution in [2.45, 2.75) is 18.9 Å². The monoisotopic (exact) mass is 332 g/mol. The highest BCUT2D eigenvalue weighted by molar-refractivity contribution is 7.80. The van der Waals surface area contributed by atoms with Gasteiger partial charge in [0, 0.05) is 24.8 Å². The molecule has 1 aromatic rings. The summed E-state index contributed by atoms with van der Waals surface area (Å²) in [4.78, 5) is 11.5. The Balaban J connectivity index is 1.51. The predicted octanol–water partition coefficient (Wildman–Crippen LogP) is 1.57. The zero-order valence-electron chi connectivity index (χ0n) is 13.2. The molecule has 0 aromatic carbocycles. The molecule has 3 atom stereocenters. The first-order chi connectivity index (χ1) is 11.1. The molecule has 0 radical (unpaired) electrons. The standard InChI is InChI=1S/C16H20N4O2S/c1-20-9-11(7-14(20)15(21)22-2)8-17-19-16(23)18-13-6-10-3-4-12(13)5-10/h3-4,7-10,12-13H,5-6H2,1-2H3,(H2,18,19,23)/b17-8-/t10-,12-,13+/m1/s1. The number of aryl methyl sites for hydroxylation is 1. The summed E-state index contributed by atoms with van der Waals surface area (Å²) in [6.45, 7) is 0. The zero-order chi connectivity index (χ0) is 16.4. The second-order valence-electron chi connectivity index (χ2n) is 5.99. The lowest BCUT2D eigenvalue weighted by Crippen LogP contribution is -2.42. The molecule has 1 fully saturated rings. The van der Waals surface area contributed by atoms with E-state index in [9.17, 15) is 4.79 Å². The van der Waals surface area contributed by atoms with Crippen LogP contribution in [-0.2, 0) is 11.8 Å². The van der Waals surface area contributed by atoms with Crippen molar-refractivity contribution in [1.29, 1.82) is 0 Å². The maximum absolute atomic E-state index is 11.5. The topological polar surface area (TPSA) is 67.7 Å². The van der Waals surface area contributed by atoms with E-state index in [1.807, 2.05) is 0 Å². The van der Waals surface area contributed by atoms with Gasteiger partial charge in [-0.15, -0.1) is 0 Å². The number of nitrogens with one attached hydrogen (secondary N) is 2. The molecule has 0 amide bonds. The summed E-state index contributed by atoms with van der Waals surface area (Å²) in [7, 11) is 3.14. The van der Waals surface area contributed by atoms with E-state index in [1.165, 1.54) is 13.5 Å². The molecule has 1 saturated carbocycles. The van der Waals surface area contributed by atoms with E-state index in [0.717, 1.165) is 12.0 Å². The van der Waals surface area contributed by atoms with Crippen LogP contribution in [-0.4, -0.2) is 35.0 Å². The lowest BCUT2D eigenvalue weighted by atomic mass is 10.0. The number of methoxy groups -OCH3 is 1. The third-order valence-electron chi connectivity index (χ3n) is 4.40. The van der Waals surface area contributed by atoms with Crippen molar-refractivity contribution in [2.75, 3.05) is 7.11 Å². The van der Waals surface area contributed by atoms with Crippen molar-refractivity contribution in [3.63, 3.8) is 0 Å². The number of hydrogen-bond donors (Lipinski definition) is 2. The second kappa shape index (κ2) is 6.54. The number of allylic oxidation sites excluding steroid dienone is 1. The molecule has 2 N–H and O–H groups in total. The quantitative estimate of drug-likeness (QED) is 0.288. The van der Waals surface area contributed by atoms with Crippen molar-refractivity contribution in [2.24, 2.45) is 24.0 Å². The Morgan fingerprint density at radius 3 is 2.96 bits per heavy atom. The van der Waals surface area contributed by atoms with Crippen LogP contribution in [0.2, 0.25) is 0 Å². The molecule has 2 aliphatic rings. The van der Waals surface area contributed by atoms with Gasteiger partial charge < -0.3 is 14.6 Å². The van der Waals surface area contributed by atoms with E-state index in [0.29, 0.717) is 28.7 Å². The molecule has 0 saturated heterocycles. The number of fused-ring (bicyclic) bond motifs is 2. The molecule has 7 heteroatoms. The molecule has 2 aliphatic carbocycles. The fourth-order valence-electron chi connectivity index (χ4n) is 3.28. The van der Waals surface area contributed by atoms with Gasteiger partial charge in [0.15, 0.2) is 5.11 Å². The Hall–Kier alpha value is -2.15. The van der Waals surface area contributed by atoms with Crippen molar-refractivity contribution in [1.82, 2.24) is 15.3 Å². The molecule has 0 unspecified atom stereocenters. The maximum Gasteiger partial charge on any atom is 0.354 e. The maximum atomic E-state index is 11.5. The average Bonchev–Trinajstić information content (AvgIpc) is 3.22. The van der Waals surface area contributed by atoms with E-state index < -0.39 is 0 Å². The molecule has 122 valence electrons. The number of ether oxygens (including phenoxy) is 1. The first-order valence-corrected chi connectivity index (χ1v) is 8.00. The van der Waals surface area contributed by atoms with Gasteiger partial charge in [-0.25, -0.2) is 4.79 Å². The Morgan fingerprint density at radius 1 is 1.48 bits per heavy atom. The summed E-state index contributed by atoms with van der Waals surface area (Å²) in [5.74, 6) is 0.909. The highest BCUT2D eigenvalue weighted by atomic mass is 32.1. The molecular weight excluding hydrogens is 312 g/mol. The minimum Gasteiger partial charge on any atom is -0.464 e. The Labute approximate surface area is 140 Å². The molecule has 23 heavy (non-hydrogen) atoms. The van der Waals surface area contributed by atoms with Gasteiger partial charge in [-0.3, -0.25) is 5.43 Å². The first kappa shape index (κ1) is 15.7. The van der Waals surface area contributed by atoms with Gasteiger partial charge >= 0.3 is 5.97 Å². The summed E-state index contributed by atoms with van der Waals surface area (Å²) in [5.41, 5.74) is 4.10. The first-order valence-electron chi connectivity index (χ1n) is 7.59. The fraction of sp³-hybridized carbons (Fsp3) is 0.438. The number of thiocarbonyl (C=S) groups is 1. The SMILES string of the molecule is COC(=O)c1cc(/C=N\NC(=S)N[C@H]2C[C@@H]3C=C[C@@H]2C3)cn1C. The van der Waals surface area contributed by atoms with Gasteiger partial charge in [0.25, 0.3) is 0 Å². The van der Waals surface area contributed by atoms with Crippen LogP contribution in [0.3, 0.4) is 0 Å². The summed E-state index contributed by atoms with van der Waals surface area (Å²) in [6.07, 6.45) is 10.4. The highest BCUT2D eigenvalue weighted by Crippen LogP contribution is 2.38. The van der Waals surface area contributed by atoms with Crippen LogP contribution in [0.1, 0.15) is 28.9 Å². The lowest BCUT2D eigenvalue weighted by molar-refractivity contribution is 0.0590. The molecular formula is C16H20N4O2S. The number of hydrogen-bond acceptors (Lipinski definition) is 4. The summed E-state index contributed by atoms with van der Waals surface area (Å²) in [6, 6.07) is 2.12. The molecule has 1 heterocycles. The zero-order valence-corrected chi connectivity index (χ0v) is 14.0. The van der Waals surface area contributed by atoms with Crippen molar-refractivity contribution in [3.05, 3.63) is 35.7 Å². The predicted molar refractivity (Wildman–Crippen MR) is 92.4 cm³/mol. The van der Waals surface area contributed by atoms with Gasteiger partial charge in [-0.2, -0.15) is 5.10 Å². The molecule has 0 spiro atoms. The van der Waals surface area contributed by atoms with Crippen molar-refractivity contribution in [3.8, 4) is 0 Å². The Morgan fingerprint density at radius 2 is 2.30 bits per heavy atom. The van der Waals surface area contributed by atoms with E-state index in [2.05, 4.69) is 28.0 Å². The van der Waals surface area contributed by atoms with Crippen LogP contribution in [0.5, 0.6) is 0 Å². The summed E-state index contributed by atoms with van der Waals surface area (Å²) >= 11 is 5.27. The van der Waals surface area contributed by atoms with Crippen LogP contribution in [0, 0.1) is 11.8 Å². The fourth-order valence-corrected chi connectivity index (χ4v) is 3.49. The third-order valence-corrected chi connectivity index (χ3v) is 4.60. The van der Waals surface area contributed by atoms with E-state index >= 15 is 0 Å². The van der Waals surface area contributed by atoms with Gasteiger partial charge in [-0.1, -0.05) is 12.2 Å². The van der Waals surface area contributed by atoms with Crippen LogP contribution in [0.4, 0.5) is 0 Å². The average molecular weight is 332 g/mol. The van der Waals surface area contributed by atoms with E-state index in [4.69, 9.17) is 17.0 Å². The Kier molecular flexibility index (Phi) is 4.47. The lowest BCUT2D eigenvalue weighted by Gasteiger charge is -2.20. The number of carbonyl (C=O) groups is 1. The van der Waals surface area contributed by atoms with Crippen LogP contribution in [0.25, 0.3) is 0 Å². The van der Waals surface area contributed by atoms with Crippen LogP contribution < -0.4 is 10.7 Å². The normalized spacial score (nSPS) is 25.0. The van der Waals surface area contributed by atoms with Crippen LogP contribution >= 0.6 is 12.2 Å². The van der Waals surface area contributed by atoms with E-state index in [1.54, 1.807) is 30.1 Å². The molecule has 1 aromatic heterocycles. The van der Waals surface area contributed by atoms with E-state index in [-0.39, 0.29) is 5.97 Å². The van der Waals surface area contributed by atoms with Gasteiger partial charge in [-0.05, 0) is 43.0 Å². The second-order valence-corrected chi connectivity index (χ2v) is 6.40. The molecule has 0 aliphatic heterocycles. The van der Waals surface area contributed by atoms with Gasteiger partial charge in [0.05, 0.1) is 13.3 Å². The van der Waals surface area contributed by atoms with Gasteiger partial charge in [0.1, 0.15) is 5.69 Å². The summed E-state index contributed by atoms with van der Waals surface area (Å²) < 4.78 is 6.42. The van der Waals surface area contributed by atoms with Crippen LogP contribution in [0.15, 0.2) is 29.5 Å². The molecule has 3 rings (SSSR count). The van der Waals surface area contributed by atoms with Crippen molar-refractivity contribution >= 4 is 29.5 Å². The number of hydrazone groups is 1. The summed E-state index contributed by atoms with van der Waals surface area (Å²) in [5, 5.41) is 7.96. The largest absolute Gasteiger partial charge is 0.464 e. The number of esters is 1.